The zero-order valence-corrected chi connectivity index (χ0v) is 4.52. The van der Waals surface area contributed by atoms with Crippen molar-refractivity contribution in [1.29, 1.82) is 0 Å². The van der Waals surface area contributed by atoms with Crippen molar-refractivity contribution >= 4 is 0 Å². The van der Waals surface area contributed by atoms with Gasteiger partial charge in [0.15, 0.2) is 0 Å². The average molecular weight is 98.1 g/mol. The molecule has 1 N–H and O–H groups in total. The first-order chi connectivity index (χ1) is 3.34. The summed E-state index contributed by atoms with van der Waals surface area (Å²) in [6, 6.07) is 0. The van der Waals surface area contributed by atoms with E-state index in [-0.39, 0.29) is 0 Å². The van der Waals surface area contributed by atoms with Crippen molar-refractivity contribution in [3.63, 3.8) is 0 Å². The van der Waals surface area contributed by atoms with Gasteiger partial charge >= 0.3 is 0 Å². The van der Waals surface area contributed by atoms with E-state index >= 15 is 0 Å². The van der Waals surface area contributed by atoms with Gasteiger partial charge in [0, 0.05) is 5.92 Å². The third-order valence-corrected chi connectivity index (χ3v) is 1.29. The normalized spacial score (nSPS) is 22.7. The summed E-state index contributed by atoms with van der Waals surface area (Å²) in [6.45, 7) is 1.87. The van der Waals surface area contributed by atoms with Crippen LogP contribution in [-0.2, 0) is 0 Å². The summed E-state index contributed by atoms with van der Waals surface area (Å²) < 4.78 is 0. The van der Waals surface area contributed by atoms with Crippen LogP contribution in [0, 0.1) is 5.92 Å². The first kappa shape index (κ1) is 4.69. The Labute approximate surface area is 43.7 Å². The minimum Gasteiger partial charge on any atom is -0.512 e. The number of hydrogen-bond donors (Lipinski definition) is 1. The molecule has 1 fully saturated rings. The van der Waals surface area contributed by atoms with Crippen LogP contribution in [0.4, 0.5) is 0 Å². The monoisotopic (exact) mass is 98.1 g/mol. The van der Waals surface area contributed by atoms with E-state index in [1.807, 2.05) is 6.92 Å². The molecule has 40 valence electrons. The largest absolute Gasteiger partial charge is 0.512 e. The van der Waals surface area contributed by atoms with Gasteiger partial charge in [-0.3, -0.25) is 0 Å². The molecule has 0 aliphatic heterocycles. The highest BCUT2D eigenvalue weighted by Crippen LogP contribution is 2.34. The summed E-state index contributed by atoms with van der Waals surface area (Å²) in [6.07, 6.45) is 4.16. The van der Waals surface area contributed by atoms with Crippen LogP contribution in [0.3, 0.4) is 0 Å². The number of hydrogen-bond acceptors (Lipinski definition) is 1. The molecule has 0 radical (unpaired) electrons. The van der Waals surface area contributed by atoms with Crippen molar-refractivity contribution < 1.29 is 5.11 Å². The van der Waals surface area contributed by atoms with Gasteiger partial charge in [0.1, 0.15) is 0 Å². The topological polar surface area (TPSA) is 20.2 Å². The molecule has 0 spiro atoms. The van der Waals surface area contributed by atoms with Crippen molar-refractivity contribution in [1.82, 2.24) is 0 Å². The molecule has 0 atom stereocenters. The highest BCUT2D eigenvalue weighted by molar-refractivity contribution is 5.01. The quantitative estimate of drug-likeness (QED) is 0.496. The second kappa shape index (κ2) is 1.57. The average Bonchev–Trinajstić information content (AvgIpc) is 2.44. The Hall–Kier alpha value is -0.460. The number of aliphatic hydroxyl groups is 1. The molecule has 0 amide bonds. The van der Waals surface area contributed by atoms with E-state index in [0.717, 1.165) is 0 Å². The van der Waals surface area contributed by atoms with Gasteiger partial charge in [-0.1, -0.05) is 0 Å². The first-order valence-electron chi connectivity index (χ1n) is 2.69. The molecule has 1 rings (SSSR count). The second-order valence-corrected chi connectivity index (χ2v) is 1.99. The van der Waals surface area contributed by atoms with Gasteiger partial charge in [0.2, 0.25) is 0 Å². The SMILES string of the molecule is CC=C(O)C1CC1. The van der Waals surface area contributed by atoms with Crippen molar-refractivity contribution in [2.45, 2.75) is 19.8 Å². The molecule has 0 aromatic heterocycles. The highest BCUT2D eigenvalue weighted by Gasteiger charge is 2.24. The Morgan fingerprint density at radius 1 is 1.71 bits per heavy atom. The molecule has 0 saturated heterocycles. The Kier molecular flexibility index (Phi) is 1.05. The molecule has 0 heterocycles. The highest BCUT2D eigenvalue weighted by atomic mass is 16.3. The van der Waals surface area contributed by atoms with E-state index in [9.17, 15) is 0 Å². The van der Waals surface area contributed by atoms with E-state index in [0.29, 0.717) is 11.7 Å². The van der Waals surface area contributed by atoms with E-state index in [1.54, 1.807) is 6.08 Å². The van der Waals surface area contributed by atoms with Gasteiger partial charge in [0.25, 0.3) is 0 Å². The predicted molar refractivity (Wildman–Crippen MR) is 29.1 cm³/mol. The summed E-state index contributed by atoms with van der Waals surface area (Å²) in [4.78, 5) is 0. The molecule has 0 aromatic carbocycles. The fourth-order valence-electron chi connectivity index (χ4n) is 0.615. The number of allylic oxidation sites excluding steroid dienone is 2. The van der Waals surface area contributed by atoms with Crippen molar-refractivity contribution in [2.24, 2.45) is 5.92 Å². The minimum atomic E-state index is 0.532. The third-order valence-electron chi connectivity index (χ3n) is 1.29. The van der Waals surface area contributed by atoms with Crippen LogP contribution in [-0.4, -0.2) is 5.11 Å². The van der Waals surface area contributed by atoms with E-state index in [4.69, 9.17) is 5.11 Å². The summed E-state index contributed by atoms with van der Waals surface area (Å²) >= 11 is 0. The van der Waals surface area contributed by atoms with Crippen LogP contribution >= 0.6 is 0 Å². The number of rotatable bonds is 1. The fourth-order valence-corrected chi connectivity index (χ4v) is 0.615. The van der Waals surface area contributed by atoms with Crippen LogP contribution in [0.25, 0.3) is 0 Å². The molecular weight excluding hydrogens is 88.1 g/mol. The van der Waals surface area contributed by atoms with Crippen LogP contribution < -0.4 is 0 Å². The molecule has 1 aliphatic carbocycles. The van der Waals surface area contributed by atoms with Gasteiger partial charge < -0.3 is 5.11 Å². The zero-order valence-electron chi connectivity index (χ0n) is 4.52. The van der Waals surface area contributed by atoms with Crippen molar-refractivity contribution in [3.05, 3.63) is 11.8 Å². The lowest BCUT2D eigenvalue weighted by atomic mass is 10.3. The Balaban J connectivity index is 2.37. The molecule has 1 aliphatic rings. The van der Waals surface area contributed by atoms with Crippen molar-refractivity contribution in [2.75, 3.05) is 0 Å². The first-order valence-corrected chi connectivity index (χ1v) is 2.69. The van der Waals surface area contributed by atoms with Crippen molar-refractivity contribution in [3.8, 4) is 0 Å². The molecule has 0 bridgehead atoms. The van der Waals surface area contributed by atoms with Gasteiger partial charge in [0.05, 0.1) is 5.76 Å². The van der Waals surface area contributed by atoms with Crippen LogP contribution in [0.2, 0.25) is 0 Å². The minimum absolute atomic E-state index is 0.532. The van der Waals surface area contributed by atoms with Gasteiger partial charge in [-0.15, -0.1) is 0 Å². The molecule has 7 heavy (non-hydrogen) atoms. The molecule has 0 unspecified atom stereocenters. The van der Waals surface area contributed by atoms with Gasteiger partial charge in [-0.25, -0.2) is 0 Å². The third kappa shape index (κ3) is 0.952. The summed E-state index contributed by atoms with van der Waals surface area (Å²) in [5.74, 6) is 1.12. The van der Waals surface area contributed by atoms with Gasteiger partial charge in [-0.2, -0.15) is 0 Å². The summed E-state index contributed by atoms with van der Waals surface area (Å²) in [5, 5.41) is 8.86. The fraction of sp³-hybridized carbons (Fsp3) is 0.667. The summed E-state index contributed by atoms with van der Waals surface area (Å²) in [7, 11) is 0. The Bertz CT molecular complexity index is 90.4. The summed E-state index contributed by atoms with van der Waals surface area (Å²) in [5.41, 5.74) is 0. The molecule has 1 nitrogen and oxygen atoms in total. The lowest BCUT2D eigenvalue weighted by molar-refractivity contribution is 0.378. The maximum atomic E-state index is 8.86. The Morgan fingerprint density at radius 2 is 2.29 bits per heavy atom. The predicted octanol–water partition coefficient (Wildman–Crippen LogP) is 1.86. The molecule has 0 aromatic rings. The maximum Gasteiger partial charge on any atom is 0.0910 e. The van der Waals surface area contributed by atoms with Crippen LogP contribution in [0.5, 0.6) is 0 Å². The van der Waals surface area contributed by atoms with E-state index < -0.39 is 0 Å². The molecule has 1 saturated carbocycles. The zero-order chi connectivity index (χ0) is 5.28. The lowest BCUT2D eigenvalue weighted by Crippen LogP contribution is -1.78. The van der Waals surface area contributed by atoms with Crippen LogP contribution in [0.1, 0.15) is 19.8 Å². The number of aliphatic hydroxyl groups excluding tert-OH is 1. The van der Waals surface area contributed by atoms with Crippen LogP contribution in [0.15, 0.2) is 11.8 Å². The molecule has 1 heteroatoms. The van der Waals surface area contributed by atoms with E-state index in [2.05, 4.69) is 0 Å². The van der Waals surface area contributed by atoms with E-state index in [1.165, 1.54) is 12.8 Å². The van der Waals surface area contributed by atoms with Gasteiger partial charge in [-0.05, 0) is 25.8 Å². The molecular formula is C6H10O. The second-order valence-electron chi connectivity index (χ2n) is 1.99. The standard InChI is InChI=1S/C6H10O/c1-2-6(7)5-3-4-5/h2,5,7H,3-4H2,1H3. The maximum absolute atomic E-state index is 8.86. The smallest absolute Gasteiger partial charge is 0.0910 e. The lowest BCUT2D eigenvalue weighted by Gasteiger charge is -1.88. The Morgan fingerprint density at radius 3 is 2.43 bits per heavy atom.